The van der Waals surface area contributed by atoms with Gasteiger partial charge in [0.15, 0.2) is 5.96 Å². The highest BCUT2D eigenvalue weighted by molar-refractivity contribution is 5.93. The Morgan fingerprint density at radius 2 is 1.64 bits per heavy atom. The van der Waals surface area contributed by atoms with Crippen molar-refractivity contribution in [1.82, 2.24) is 0 Å². The van der Waals surface area contributed by atoms with E-state index in [1.54, 1.807) is 13.0 Å². The molecule has 6 heteroatoms. The van der Waals surface area contributed by atoms with Crippen LogP contribution in [0.15, 0.2) is 41.4 Å². The zero-order chi connectivity index (χ0) is 16.3. The summed E-state index contributed by atoms with van der Waals surface area (Å²) in [6.07, 6.45) is -0.108. The molecule has 4 N–H and O–H groups in total. The van der Waals surface area contributed by atoms with Crippen LogP contribution in [0.4, 0.5) is 8.78 Å². The highest BCUT2D eigenvalue weighted by atomic mass is 19.1. The van der Waals surface area contributed by atoms with E-state index in [2.05, 4.69) is 4.99 Å². The number of benzene rings is 2. The number of amides is 1. The quantitative estimate of drug-likeness (QED) is 0.674. The van der Waals surface area contributed by atoms with Crippen LogP contribution in [0.3, 0.4) is 0 Å². The van der Waals surface area contributed by atoms with Gasteiger partial charge in [0.2, 0.25) is 0 Å². The maximum atomic E-state index is 13.6. The number of hydrogen-bond donors (Lipinski definition) is 2. The Hall–Kier alpha value is -2.76. The zero-order valence-corrected chi connectivity index (χ0v) is 11.9. The van der Waals surface area contributed by atoms with E-state index < -0.39 is 17.5 Å². The highest BCUT2D eigenvalue weighted by Crippen LogP contribution is 2.29. The normalized spacial score (nSPS) is 10.3. The summed E-state index contributed by atoms with van der Waals surface area (Å²) in [4.78, 5) is 15.2. The lowest BCUT2D eigenvalue weighted by Crippen LogP contribution is -2.24. The van der Waals surface area contributed by atoms with E-state index in [1.165, 1.54) is 30.3 Å². The summed E-state index contributed by atoms with van der Waals surface area (Å²) in [7, 11) is 0. The van der Waals surface area contributed by atoms with Gasteiger partial charge in [-0.3, -0.25) is 4.79 Å². The van der Waals surface area contributed by atoms with Gasteiger partial charge in [0.25, 0.3) is 5.91 Å². The molecule has 2 aromatic rings. The molecule has 0 fully saturated rings. The topological polar surface area (TPSA) is 81.5 Å². The average Bonchev–Trinajstić information content (AvgIpc) is 2.42. The predicted octanol–water partition coefficient (Wildman–Crippen LogP) is 2.28. The summed E-state index contributed by atoms with van der Waals surface area (Å²) in [6, 6.07) is 8.18. The number of hydrogen-bond acceptors (Lipinski definition) is 1. The lowest BCUT2D eigenvalue weighted by molar-refractivity contribution is -0.117. The van der Waals surface area contributed by atoms with Crippen molar-refractivity contribution in [3.63, 3.8) is 0 Å². The second kappa shape index (κ2) is 6.34. The number of nitrogens with zero attached hydrogens (tertiary/aromatic N) is 1. The van der Waals surface area contributed by atoms with E-state index in [0.29, 0.717) is 16.7 Å². The zero-order valence-electron chi connectivity index (χ0n) is 11.9. The van der Waals surface area contributed by atoms with Gasteiger partial charge in [0, 0.05) is 0 Å². The minimum absolute atomic E-state index is 0.108. The van der Waals surface area contributed by atoms with Crippen LogP contribution in [0.2, 0.25) is 0 Å². The van der Waals surface area contributed by atoms with E-state index in [-0.39, 0.29) is 12.4 Å². The number of rotatable bonds is 3. The summed E-state index contributed by atoms with van der Waals surface area (Å²) in [6.45, 7) is 1.78. The molecule has 0 aliphatic heterocycles. The van der Waals surface area contributed by atoms with E-state index in [0.717, 1.165) is 5.56 Å². The fourth-order valence-corrected chi connectivity index (χ4v) is 2.18. The molecule has 0 unspecified atom stereocenters. The molecular formula is C16H15F2N3O. The molecular weight excluding hydrogens is 288 g/mol. The summed E-state index contributed by atoms with van der Waals surface area (Å²) in [5.74, 6) is -1.81. The SMILES string of the molecule is Cc1ccc(F)cc1-c1cc(F)ccc1CC(=O)N=C(N)N. The molecule has 0 heterocycles. The van der Waals surface area contributed by atoms with Crippen LogP contribution in [-0.2, 0) is 11.2 Å². The van der Waals surface area contributed by atoms with Crippen molar-refractivity contribution in [3.05, 3.63) is 59.2 Å². The van der Waals surface area contributed by atoms with Gasteiger partial charge in [-0.15, -0.1) is 0 Å². The van der Waals surface area contributed by atoms with Crippen LogP contribution < -0.4 is 11.5 Å². The van der Waals surface area contributed by atoms with Crippen LogP contribution in [0.1, 0.15) is 11.1 Å². The molecule has 4 nitrogen and oxygen atoms in total. The lowest BCUT2D eigenvalue weighted by Gasteiger charge is -2.11. The Morgan fingerprint density at radius 3 is 2.27 bits per heavy atom. The molecule has 0 atom stereocenters. The van der Waals surface area contributed by atoms with Crippen molar-refractivity contribution in [3.8, 4) is 11.1 Å². The molecule has 0 bridgehead atoms. The number of halogens is 2. The molecule has 1 amide bonds. The first kappa shape index (κ1) is 15.6. The van der Waals surface area contributed by atoms with E-state index in [4.69, 9.17) is 11.5 Å². The molecule has 0 saturated heterocycles. The number of aryl methyl sites for hydroxylation is 1. The Balaban J connectivity index is 2.51. The first-order valence-corrected chi connectivity index (χ1v) is 6.54. The average molecular weight is 303 g/mol. The monoisotopic (exact) mass is 303 g/mol. The van der Waals surface area contributed by atoms with Crippen molar-refractivity contribution in [2.75, 3.05) is 0 Å². The molecule has 0 aromatic heterocycles. The van der Waals surface area contributed by atoms with Crippen LogP contribution in [-0.4, -0.2) is 11.9 Å². The van der Waals surface area contributed by atoms with Crippen LogP contribution >= 0.6 is 0 Å². The van der Waals surface area contributed by atoms with Gasteiger partial charge in [-0.2, -0.15) is 4.99 Å². The van der Waals surface area contributed by atoms with Crippen molar-refractivity contribution in [2.24, 2.45) is 16.5 Å². The Labute approximate surface area is 126 Å². The van der Waals surface area contributed by atoms with E-state index in [9.17, 15) is 13.6 Å². The van der Waals surface area contributed by atoms with Gasteiger partial charge in [-0.25, -0.2) is 8.78 Å². The van der Waals surface area contributed by atoms with Crippen molar-refractivity contribution in [2.45, 2.75) is 13.3 Å². The molecule has 0 aliphatic rings. The molecule has 2 rings (SSSR count). The smallest absolute Gasteiger partial charge is 0.253 e. The highest BCUT2D eigenvalue weighted by Gasteiger charge is 2.13. The molecule has 2 aromatic carbocycles. The van der Waals surface area contributed by atoms with Gasteiger partial charge in [0.05, 0.1) is 6.42 Å². The largest absolute Gasteiger partial charge is 0.370 e. The third kappa shape index (κ3) is 3.66. The fraction of sp³-hybridized carbons (Fsp3) is 0.125. The number of aliphatic imine (C=N–C) groups is 1. The van der Waals surface area contributed by atoms with Crippen molar-refractivity contribution >= 4 is 11.9 Å². The van der Waals surface area contributed by atoms with Gasteiger partial charge >= 0.3 is 0 Å². The number of guanidine groups is 1. The third-order valence-corrected chi connectivity index (χ3v) is 3.16. The molecule has 0 radical (unpaired) electrons. The minimum atomic E-state index is -0.554. The van der Waals surface area contributed by atoms with Gasteiger partial charge in [0.1, 0.15) is 11.6 Å². The first-order valence-electron chi connectivity index (χ1n) is 6.54. The summed E-state index contributed by atoms with van der Waals surface area (Å²) < 4.78 is 27.1. The first-order chi connectivity index (χ1) is 10.4. The molecule has 0 spiro atoms. The maximum Gasteiger partial charge on any atom is 0.253 e. The number of carbonyl (C=O) groups is 1. The Bertz CT molecular complexity index is 753. The van der Waals surface area contributed by atoms with E-state index >= 15 is 0 Å². The van der Waals surface area contributed by atoms with Crippen LogP contribution in [0.5, 0.6) is 0 Å². The number of nitrogens with two attached hydrogens (primary N) is 2. The Kier molecular flexibility index (Phi) is 4.50. The second-order valence-corrected chi connectivity index (χ2v) is 4.87. The van der Waals surface area contributed by atoms with E-state index in [1.807, 2.05) is 0 Å². The van der Waals surface area contributed by atoms with Crippen LogP contribution in [0.25, 0.3) is 11.1 Å². The van der Waals surface area contributed by atoms with Gasteiger partial charge < -0.3 is 11.5 Å². The van der Waals surface area contributed by atoms with Crippen molar-refractivity contribution < 1.29 is 13.6 Å². The Morgan fingerprint density at radius 1 is 1.05 bits per heavy atom. The third-order valence-electron chi connectivity index (χ3n) is 3.16. The van der Waals surface area contributed by atoms with Gasteiger partial charge in [-0.05, 0) is 53.4 Å². The predicted molar refractivity (Wildman–Crippen MR) is 81.1 cm³/mol. The van der Waals surface area contributed by atoms with Crippen LogP contribution in [0, 0.1) is 18.6 Å². The summed E-state index contributed by atoms with van der Waals surface area (Å²) in [5.41, 5.74) is 12.6. The van der Waals surface area contributed by atoms with Gasteiger partial charge in [-0.1, -0.05) is 12.1 Å². The molecule has 22 heavy (non-hydrogen) atoms. The summed E-state index contributed by atoms with van der Waals surface area (Å²) >= 11 is 0. The summed E-state index contributed by atoms with van der Waals surface area (Å²) in [5, 5.41) is 0. The fourth-order valence-electron chi connectivity index (χ4n) is 2.18. The molecule has 114 valence electrons. The molecule has 0 saturated carbocycles. The minimum Gasteiger partial charge on any atom is -0.370 e. The van der Waals surface area contributed by atoms with Crippen molar-refractivity contribution in [1.29, 1.82) is 0 Å². The second-order valence-electron chi connectivity index (χ2n) is 4.87. The lowest BCUT2D eigenvalue weighted by atomic mass is 9.94. The molecule has 0 aliphatic carbocycles. The standard InChI is InChI=1S/C16H15F2N3O/c1-9-2-4-11(17)7-13(9)14-8-12(18)5-3-10(14)6-15(22)21-16(19)20/h2-5,7-8H,6H2,1H3,(H4,19,20,21,22). The maximum absolute atomic E-state index is 13.6. The number of carbonyl (C=O) groups excluding carboxylic acids is 1.